The van der Waals surface area contributed by atoms with Crippen LogP contribution in [0.4, 0.5) is 8.78 Å². The Morgan fingerprint density at radius 2 is 1.90 bits per heavy atom. The van der Waals surface area contributed by atoms with Crippen molar-refractivity contribution < 1.29 is 36.9 Å². The molecule has 1 aliphatic carbocycles. The number of Topliss-reactive ketones (excluding diaryl/α,β-unsaturated/α-hetero) is 1. The molecule has 9 heteroatoms. The second kappa shape index (κ2) is 13.3. The van der Waals surface area contributed by atoms with Gasteiger partial charge in [0.25, 0.3) is 0 Å². The number of aryl methyl sites for hydroxylation is 1. The van der Waals surface area contributed by atoms with Gasteiger partial charge < -0.3 is 17.4 Å². The van der Waals surface area contributed by atoms with E-state index in [1.54, 1.807) is 55.7 Å². The number of thiazole rings is 1. The number of halogens is 2. The molecular formula is C31H33F2N3O2SV. The topological polar surface area (TPSA) is 78.1 Å². The third-order valence-electron chi connectivity index (χ3n) is 6.81. The molecule has 2 aromatic heterocycles. The van der Waals surface area contributed by atoms with E-state index >= 15 is 4.39 Å². The SMILES string of the molecule is COc1cc(C(=O)CC(C)(F)C(CN)c2cc(C)[c-]c(-c3ccc(F)cc3)n2)cc2sc(C3CC3)nc12.[CH2-]C.[V+2]. The zero-order valence-electron chi connectivity index (χ0n) is 23.1. The van der Waals surface area contributed by atoms with Crippen LogP contribution in [0.5, 0.6) is 5.75 Å². The first kappa shape index (κ1) is 31.9. The predicted octanol–water partition coefficient (Wildman–Crippen LogP) is 7.37. The van der Waals surface area contributed by atoms with Crippen molar-refractivity contribution in [2.45, 2.75) is 57.5 Å². The van der Waals surface area contributed by atoms with Crippen LogP contribution >= 0.6 is 11.3 Å². The molecule has 0 aliphatic heterocycles. The summed E-state index contributed by atoms with van der Waals surface area (Å²) in [7, 11) is 1.54. The van der Waals surface area contributed by atoms with Gasteiger partial charge in [0.1, 0.15) is 22.8 Å². The average molecular weight is 601 g/mol. The van der Waals surface area contributed by atoms with Crippen molar-refractivity contribution in [2.24, 2.45) is 5.73 Å². The van der Waals surface area contributed by atoms with E-state index in [9.17, 15) is 9.18 Å². The van der Waals surface area contributed by atoms with Crippen LogP contribution in [-0.2, 0) is 18.6 Å². The van der Waals surface area contributed by atoms with Crippen LogP contribution in [0.2, 0.25) is 0 Å². The molecule has 0 amide bonds. The minimum atomic E-state index is -1.97. The number of nitrogens with two attached hydrogens (primary N) is 1. The number of hydrogen-bond acceptors (Lipinski definition) is 6. The van der Waals surface area contributed by atoms with Crippen LogP contribution in [0.15, 0.2) is 42.5 Å². The van der Waals surface area contributed by atoms with Gasteiger partial charge in [0.2, 0.25) is 0 Å². The number of ketones is 1. The number of hydrogen-bond donors (Lipinski definition) is 1. The summed E-state index contributed by atoms with van der Waals surface area (Å²) in [5, 5.41) is 1.05. The molecule has 1 fully saturated rings. The van der Waals surface area contributed by atoms with Gasteiger partial charge in [-0.05, 0) is 55.4 Å². The van der Waals surface area contributed by atoms with Crippen molar-refractivity contribution in [1.82, 2.24) is 9.97 Å². The van der Waals surface area contributed by atoms with E-state index in [0.29, 0.717) is 34.2 Å². The molecule has 1 aliphatic rings. The molecule has 2 N–H and O–H groups in total. The van der Waals surface area contributed by atoms with E-state index < -0.39 is 11.6 Å². The summed E-state index contributed by atoms with van der Waals surface area (Å²) < 4.78 is 36.0. The Balaban J connectivity index is 0.00000144. The predicted molar refractivity (Wildman–Crippen MR) is 153 cm³/mol. The first-order valence-corrected chi connectivity index (χ1v) is 13.8. The largest absolute Gasteiger partial charge is 2.00 e. The maximum absolute atomic E-state index is 16.3. The van der Waals surface area contributed by atoms with Gasteiger partial charge in [-0.25, -0.2) is 13.8 Å². The quantitative estimate of drug-likeness (QED) is 0.160. The van der Waals surface area contributed by atoms with E-state index in [-0.39, 0.29) is 43.1 Å². The molecule has 4 aromatic rings. The van der Waals surface area contributed by atoms with E-state index in [1.807, 2.05) is 6.92 Å². The molecule has 209 valence electrons. The van der Waals surface area contributed by atoms with Crippen LogP contribution in [0, 0.1) is 25.7 Å². The number of benzene rings is 2. The van der Waals surface area contributed by atoms with Gasteiger partial charge in [0.15, 0.2) is 5.78 Å². The Morgan fingerprint density at radius 1 is 1.23 bits per heavy atom. The van der Waals surface area contributed by atoms with Gasteiger partial charge in [0, 0.05) is 30.4 Å². The number of nitrogens with zero attached hydrogens (tertiary/aromatic N) is 2. The van der Waals surface area contributed by atoms with Gasteiger partial charge in [-0.3, -0.25) is 9.78 Å². The van der Waals surface area contributed by atoms with E-state index in [1.165, 1.54) is 19.1 Å². The maximum Gasteiger partial charge on any atom is 2.00 e. The number of pyridine rings is 1. The molecular weight excluding hydrogens is 567 g/mol. The van der Waals surface area contributed by atoms with Crippen molar-refractivity contribution in [3.8, 4) is 17.0 Å². The zero-order valence-corrected chi connectivity index (χ0v) is 25.3. The van der Waals surface area contributed by atoms with E-state index in [2.05, 4.69) is 18.0 Å². The molecule has 2 unspecified atom stereocenters. The van der Waals surface area contributed by atoms with Gasteiger partial charge >= 0.3 is 18.6 Å². The number of fused-ring (bicyclic) bond motifs is 1. The maximum atomic E-state index is 16.3. The number of carbonyl (C=O) groups excluding carboxylic acids is 1. The van der Waals surface area contributed by atoms with Gasteiger partial charge in [-0.15, -0.1) is 29.5 Å². The molecule has 0 spiro atoms. The van der Waals surface area contributed by atoms with Crippen molar-refractivity contribution in [3.63, 3.8) is 0 Å². The third-order valence-corrected chi connectivity index (χ3v) is 7.97. The summed E-state index contributed by atoms with van der Waals surface area (Å²) in [6.45, 7) is 8.18. The Bertz CT molecular complexity index is 1470. The Labute approximate surface area is 250 Å². The van der Waals surface area contributed by atoms with Gasteiger partial charge in [-0.2, -0.15) is 18.6 Å². The molecule has 1 radical (unpaired) electrons. The van der Waals surface area contributed by atoms with Crippen molar-refractivity contribution in [1.29, 1.82) is 0 Å². The second-order valence-corrected chi connectivity index (χ2v) is 10.9. The first-order valence-electron chi connectivity index (χ1n) is 13.0. The van der Waals surface area contributed by atoms with Crippen LogP contribution in [0.1, 0.15) is 71.6 Å². The molecule has 40 heavy (non-hydrogen) atoms. The fourth-order valence-corrected chi connectivity index (χ4v) is 5.80. The first-order chi connectivity index (χ1) is 18.7. The van der Waals surface area contributed by atoms with Crippen molar-refractivity contribution in [2.75, 3.05) is 13.7 Å². The monoisotopic (exact) mass is 600 g/mol. The summed E-state index contributed by atoms with van der Waals surface area (Å²) in [5.41, 5.74) is 7.51. The number of aromatic nitrogens is 2. The van der Waals surface area contributed by atoms with E-state index in [0.717, 1.165) is 33.6 Å². The van der Waals surface area contributed by atoms with Crippen molar-refractivity contribution >= 4 is 27.3 Å². The van der Waals surface area contributed by atoms with Crippen LogP contribution in [-0.4, -0.2) is 35.1 Å². The minimum absolute atomic E-state index is 0. The normalized spacial score (nSPS) is 14.9. The summed E-state index contributed by atoms with van der Waals surface area (Å²) in [6, 6.07) is 14.2. The van der Waals surface area contributed by atoms with Gasteiger partial charge in [-0.1, -0.05) is 12.5 Å². The molecule has 5 nitrogen and oxygen atoms in total. The minimum Gasteiger partial charge on any atom is -0.494 e. The van der Waals surface area contributed by atoms with Crippen LogP contribution < -0.4 is 10.5 Å². The molecule has 0 saturated heterocycles. The van der Waals surface area contributed by atoms with Crippen LogP contribution in [0.25, 0.3) is 21.5 Å². The molecule has 2 atom stereocenters. The smallest absolute Gasteiger partial charge is 0.494 e. The van der Waals surface area contributed by atoms with Gasteiger partial charge in [0.05, 0.1) is 16.8 Å². The molecule has 2 aromatic carbocycles. The number of rotatable bonds is 9. The molecule has 5 rings (SSSR count). The number of methoxy groups -OCH3 is 1. The molecule has 1 saturated carbocycles. The third kappa shape index (κ3) is 6.97. The Kier molecular flexibility index (Phi) is 10.6. The number of alkyl halides is 1. The molecule has 2 heterocycles. The summed E-state index contributed by atoms with van der Waals surface area (Å²) in [5.74, 6) is -0.537. The Hall–Kier alpha value is -2.65. The summed E-state index contributed by atoms with van der Waals surface area (Å²) in [6.07, 6.45) is 1.88. The standard InChI is InChI=1S/C29H28F2N3O2S.C2H5.V/c1-16-10-22(17-6-8-20(30)9-7-17)33-23(11-16)21(15-32)29(2,31)14-24(35)19-12-25(36-3)27-26(13-19)37-28(34-27)18-4-5-18;1-2;/h6-9,11-13,18,21H,4-5,14-15,32H2,1-3H3;1H2,2H3;/q2*-1;+2. The fraction of sp³-hybridized carbons (Fsp3) is 0.355. The number of ether oxygens (including phenoxy) is 1. The van der Waals surface area contributed by atoms with Crippen LogP contribution in [0.3, 0.4) is 0 Å². The van der Waals surface area contributed by atoms with E-state index in [4.69, 9.17) is 15.5 Å². The fourth-order valence-electron chi connectivity index (χ4n) is 4.61. The zero-order chi connectivity index (χ0) is 28.3. The number of carbonyl (C=O) groups is 1. The summed E-state index contributed by atoms with van der Waals surface area (Å²) >= 11 is 1.56. The summed E-state index contributed by atoms with van der Waals surface area (Å²) in [4.78, 5) is 22.7. The Morgan fingerprint density at radius 3 is 2.50 bits per heavy atom. The molecule has 0 bridgehead atoms. The average Bonchev–Trinajstić information content (AvgIpc) is 3.67. The van der Waals surface area contributed by atoms with Crippen molar-refractivity contribution in [3.05, 3.63) is 83.1 Å². The second-order valence-electron chi connectivity index (χ2n) is 9.86.